The third-order valence-electron chi connectivity index (χ3n) is 17.2. The van der Waals surface area contributed by atoms with Crippen LogP contribution >= 0.6 is 7.82 Å². The van der Waals surface area contributed by atoms with Gasteiger partial charge in [-0.3, -0.25) is 14.2 Å². The highest BCUT2D eigenvalue weighted by Gasteiger charge is 2.27. The predicted molar refractivity (Wildman–Crippen MR) is 399 cm³/mol. The van der Waals surface area contributed by atoms with Crippen LogP contribution in [-0.4, -0.2) is 69.4 Å². The summed E-state index contributed by atoms with van der Waals surface area (Å²) in [6.45, 7) is 6.76. The second kappa shape index (κ2) is 70.7. The fourth-order valence-corrected chi connectivity index (χ4v) is 12.0. The van der Waals surface area contributed by atoms with E-state index < -0.39 is 26.6 Å². The first-order valence-electron chi connectivity index (χ1n) is 39.0. The Bertz CT molecular complexity index is 1900. The van der Waals surface area contributed by atoms with Gasteiger partial charge in [-0.25, -0.2) is 0 Å². The molecule has 0 saturated carbocycles. The molecular formula is C82H149N2O7P. The number of ether oxygens (including phenoxy) is 1. The Labute approximate surface area is 570 Å². The molecule has 0 rings (SSSR count). The zero-order valence-corrected chi connectivity index (χ0v) is 62.1. The molecule has 1 amide bonds. The average Bonchev–Trinajstić information content (AvgIpc) is 3.69. The molecule has 1 N–H and O–H groups in total. The number of carbonyl (C=O) groups is 2. The lowest BCUT2D eigenvalue weighted by atomic mass is 10.0. The van der Waals surface area contributed by atoms with Crippen molar-refractivity contribution in [2.24, 2.45) is 0 Å². The monoisotopic (exact) mass is 1310 g/mol. The van der Waals surface area contributed by atoms with Crippen molar-refractivity contribution in [2.45, 2.75) is 373 Å². The number of hydrogen-bond acceptors (Lipinski definition) is 7. The first kappa shape index (κ1) is 88.9. The number of amides is 1. The quantitative estimate of drug-likeness (QED) is 0.0212. The van der Waals surface area contributed by atoms with E-state index in [0.29, 0.717) is 17.4 Å². The molecule has 0 fully saturated rings. The van der Waals surface area contributed by atoms with E-state index >= 15 is 0 Å². The van der Waals surface area contributed by atoms with Gasteiger partial charge in [0, 0.05) is 12.8 Å². The maximum Gasteiger partial charge on any atom is 0.306 e. The van der Waals surface area contributed by atoms with Crippen LogP contribution in [0.1, 0.15) is 361 Å². The summed E-state index contributed by atoms with van der Waals surface area (Å²) in [6.07, 6.45) is 96.9. The van der Waals surface area contributed by atoms with Crippen LogP contribution in [0.15, 0.2) is 97.2 Å². The van der Waals surface area contributed by atoms with Crippen LogP contribution < -0.4 is 10.2 Å². The molecule has 0 aromatic heterocycles. The van der Waals surface area contributed by atoms with Crippen LogP contribution in [0, 0.1) is 0 Å². The summed E-state index contributed by atoms with van der Waals surface area (Å²) in [5.74, 6) is -0.541. The van der Waals surface area contributed by atoms with Crippen molar-refractivity contribution in [1.82, 2.24) is 5.32 Å². The number of unbranched alkanes of at least 4 members (excludes halogenated alkanes) is 41. The predicted octanol–water partition coefficient (Wildman–Crippen LogP) is 24.8. The number of nitrogens with zero attached hydrogens (tertiary/aromatic N) is 1. The molecule has 3 unspecified atom stereocenters. The van der Waals surface area contributed by atoms with Crippen molar-refractivity contribution in [1.29, 1.82) is 0 Å². The molecule has 0 aliphatic carbocycles. The number of carbonyl (C=O) groups excluding carboxylic acids is 2. The minimum absolute atomic E-state index is 0.0265. The van der Waals surface area contributed by atoms with Gasteiger partial charge in [0.1, 0.15) is 19.3 Å². The lowest BCUT2D eigenvalue weighted by Gasteiger charge is -2.30. The van der Waals surface area contributed by atoms with E-state index in [1.165, 1.54) is 218 Å². The summed E-state index contributed by atoms with van der Waals surface area (Å²) >= 11 is 0. The van der Waals surface area contributed by atoms with Crippen molar-refractivity contribution in [2.75, 3.05) is 40.9 Å². The van der Waals surface area contributed by atoms with Gasteiger partial charge in [-0.1, -0.05) is 337 Å². The Kier molecular flexibility index (Phi) is 68.4. The molecule has 0 bridgehead atoms. The number of rotatable bonds is 71. The molecule has 0 aliphatic rings. The summed E-state index contributed by atoms with van der Waals surface area (Å²) in [5, 5.41) is 3.05. The number of esters is 1. The van der Waals surface area contributed by atoms with E-state index in [1.807, 2.05) is 33.3 Å². The van der Waals surface area contributed by atoms with Gasteiger partial charge in [-0.05, 0) is 109 Å². The zero-order valence-electron chi connectivity index (χ0n) is 61.2. The smallest absolute Gasteiger partial charge is 0.306 e. The molecule has 0 aromatic rings. The SMILES string of the molecule is CC/C=C\C/C=C\C/C=C\C/C=C\C/C=C\C/C=C\CCCCCCCCCCC(=O)NC(COP(=O)([O-])OCC[N+](C)(C)C)C(/C=C/CCCCCCCCCCCC)OC(=O)CCCCCCCCCCCCCCCCCCC/C=C/CCCCCCCC. The minimum Gasteiger partial charge on any atom is -0.756 e. The lowest BCUT2D eigenvalue weighted by Crippen LogP contribution is -2.47. The van der Waals surface area contributed by atoms with Gasteiger partial charge >= 0.3 is 5.97 Å². The maximum atomic E-state index is 13.6. The van der Waals surface area contributed by atoms with E-state index in [0.717, 1.165) is 109 Å². The molecule has 3 atom stereocenters. The molecule has 0 aliphatic heterocycles. The number of allylic oxidation sites excluding steroid dienone is 15. The van der Waals surface area contributed by atoms with Crippen LogP contribution in [0.5, 0.6) is 0 Å². The summed E-state index contributed by atoms with van der Waals surface area (Å²) in [6, 6.07) is -0.899. The van der Waals surface area contributed by atoms with Crippen molar-refractivity contribution >= 4 is 19.7 Å². The molecule has 534 valence electrons. The number of hydrogen-bond donors (Lipinski definition) is 1. The summed E-state index contributed by atoms with van der Waals surface area (Å²) in [4.78, 5) is 40.3. The van der Waals surface area contributed by atoms with Crippen molar-refractivity contribution in [3.05, 3.63) is 97.2 Å². The minimum atomic E-state index is -4.71. The van der Waals surface area contributed by atoms with Crippen LogP contribution in [0.25, 0.3) is 0 Å². The molecule has 92 heavy (non-hydrogen) atoms. The van der Waals surface area contributed by atoms with Gasteiger partial charge < -0.3 is 28.5 Å². The third kappa shape index (κ3) is 71.2. The van der Waals surface area contributed by atoms with Gasteiger partial charge in [-0.2, -0.15) is 0 Å². The Hall–Kier alpha value is -3.07. The van der Waals surface area contributed by atoms with Crippen LogP contribution in [0.3, 0.4) is 0 Å². The van der Waals surface area contributed by atoms with Crippen molar-refractivity contribution in [3.8, 4) is 0 Å². The summed E-state index contributed by atoms with van der Waals surface area (Å²) < 4.78 is 30.5. The molecule has 0 aromatic carbocycles. The van der Waals surface area contributed by atoms with Crippen LogP contribution in [-0.2, 0) is 27.9 Å². The highest BCUT2D eigenvalue weighted by atomic mass is 31.2. The maximum absolute atomic E-state index is 13.6. The van der Waals surface area contributed by atoms with Gasteiger partial charge in [0.25, 0.3) is 7.82 Å². The number of likely N-dealkylation sites (N-methyl/N-ethyl adjacent to an activating group) is 1. The summed E-state index contributed by atoms with van der Waals surface area (Å²) in [5.41, 5.74) is 0. The van der Waals surface area contributed by atoms with Gasteiger partial charge in [0.2, 0.25) is 5.91 Å². The first-order chi connectivity index (χ1) is 44.9. The molecule has 0 spiro atoms. The molecule has 0 heterocycles. The standard InChI is InChI=1S/C82H149N2O7P/c1-7-10-13-16-19-22-25-28-30-32-34-36-38-40-42-44-46-48-50-52-54-56-59-62-65-68-71-74-81(85)83-79(78-90-92(87,88)89-77-76-84(4,5)6)80(73-70-67-64-61-58-27-24-21-18-15-12-9-3)91-82(86)75-72-69-66-63-60-57-55-53-51-49-47-45-43-41-39-37-35-33-31-29-26-23-20-17-14-11-8-2/h10,13,19,22,28-31,34,36,40,42,46,48,70,73,79-80H,7-9,11-12,14-18,20-21,23-27,32-33,35,37-39,41,43-45,47,49-69,71-72,74-78H2,1-6H3,(H-,83,85,87,88)/b13-10-,22-19-,30-28-,31-29+,36-34-,42-40-,48-46-,73-70+. The van der Waals surface area contributed by atoms with E-state index in [1.54, 1.807) is 0 Å². The van der Waals surface area contributed by atoms with Crippen LogP contribution in [0.2, 0.25) is 0 Å². The number of nitrogens with one attached hydrogen (secondary N) is 1. The molecule has 0 radical (unpaired) electrons. The highest BCUT2D eigenvalue weighted by molar-refractivity contribution is 7.45. The largest absolute Gasteiger partial charge is 0.756 e. The fraction of sp³-hybridized carbons (Fsp3) is 0.780. The van der Waals surface area contributed by atoms with E-state index in [2.05, 4.69) is 111 Å². The number of phosphoric acid groups is 1. The Morgan fingerprint density at radius 1 is 0.391 bits per heavy atom. The zero-order chi connectivity index (χ0) is 67.0. The molecule has 10 heteroatoms. The Morgan fingerprint density at radius 3 is 1.05 bits per heavy atom. The second-order valence-electron chi connectivity index (χ2n) is 27.5. The molecule has 0 saturated heterocycles. The van der Waals surface area contributed by atoms with E-state index in [9.17, 15) is 19.0 Å². The van der Waals surface area contributed by atoms with E-state index in [-0.39, 0.29) is 24.9 Å². The lowest BCUT2D eigenvalue weighted by molar-refractivity contribution is -0.870. The van der Waals surface area contributed by atoms with Crippen molar-refractivity contribution in [3.63, 3.8) is 0 Å². The second-order valence-corrected chi connectivity index (χ2v) is 28.9. The fourth-order valence-electron chi connectivity index (χ4n) is 11.3. The van der Waals surface area contributed by atoms with Crippen molar-refractivity contribution < 1.29 is 37.3 Å². The topological polar surface area (TPSA) is 114 Å². The van der Waals surface area contributed by atoms with Crippen LogP contribution in [0.4, 0.5) is 0 Å². The summed E-state index contributed by atoms with van der Waals surface area (Å²) in [7, 11) is 1.18. The number of phosphoric ester groups is 1. The normalized spacial score (nSPS) is 13.9. The van der Waals surface area contributed by atoms with E-state index in [4.69, 9.17) is 13.8 Å². The van der Waals surface area contributed by atoms with Gasteiger partial charge in [0.05, 0.1) is 33.8 Å². The van der Waals surface area contributed by atoms with Gasteiger partial charge in [-0.15, -0.1) is 0 Å². The average molecular weight is 1310 g/mol. The van der Waals surface area contributed by atoms with Gasteiger partial charge in [0.15, 0.2) is 0 Å². The Balaban J connectivity index is 4.96. The highest BCUT2D eigenvalue weighted by Crippen LogP contribution is 2.38. The Morgan fingerprint density at radius 2 is 0.696 bits per heavy atom. The third-order valence-corrected chi connectivity index (χ3v) is 18.2. The molecule has 9 nitrogen and oxygen atoms in total. The molecular weight excluding hydrogens is 1160 g/mol. The first-order valence-corrected chi connectivity index (χ1v) is 40.5. The number of quaternary nitrogens is 1.